The second-order valence-electron chi connectivity index (χ2n) is 4.43. The molecule has 5 heteroatoms. The highest BCUT2D eigenvalue weighted by Crippen LogP contribution is 2.22. The number of benzene rings is 1. The fraction of sp³-hybridized carbons (Fsp3) is 0.500. The van der Waals surface area contributed by atoms with E-state index in [0.29, 0.717) is 18.6 Å². The molecule has 0 bridgehead atoms. The van der Waals surface area contributed by atoms with Gasteiger partial charge in [-0.2, -0.15) is 0 Å². The smallest absolute Gasteiger partial charge is 0.150 e. The largest absolute Gasteiger partial charge is 0.299 e. The minimum absolute atomic E-state index is 0.111. The predicted octanol–water partition coefficient (Wildman–Crippen LogP) is 2.87. The molecule has 0 aliphatic carbocycles. The van der Waals surface area contributed by atoms with E-state index in [1.54, 1.807) is 6.92 Å². The van der Waals surface area contributed by atoms with E-state index in [2.05, 4.69) is 0 Å². The van der Waals surface area contributed by atoms with Gasteiger partial charge >= 0.3 is 0 Å². The molecule has 0 amide bonds. The summed E-state index contributed by atoms with van der Waals surface area (Å²) < 4.78 is 22.6. The Morgan fingerprint density at radius 3 is 2.58 bits per heavy atom. The lowest BCUT2D eigenvalue weighted by Gasteiger charge is -2.04. The number of hydrogen-bond acceptors (Lipinski definition) is 4. The summed E-state index contributed by atoms with van der Waals surface area (Å²) in [5, 5.41) is 0. The van der Waals surface area contributed by atoms with E-state index >= 15 is 0 Å². The Hall–Kier alpha value is -0.810. The van der Waals surface area contributed by atoms with Crippen LogP contribution in [0.5, 0.6) is 0 Å². The number of carbonyl (C=O) groups excluding carboxylic acids is 1. The molecular weight excluding hydrogens is 280 g/mol. The molecule has 1 aromatic carbocycles. The maximum absolute atomic E-state index is 11.7. The number of aryl methyl sites for hydroxylation is 1. The van der Waals surface area contributed by atoms with Gasteiger partial charge in [-0.3, -0.25) is 4.79 Å². The van der Waals surface area contributed by atoms with Gasteiger partial charge in [0.15, 0.2) is 0 Å². The van der Waals surface area contributed by atoms with Crippen LogP contribution >= 0.6 is 11.8 Å². The first-order valence-electron chi connectivity index (χ1n) is 6.35. The summed E-state index contributed by atoms with van der Waals surface area (Å²) in [6.07, 6.45) is 0.779. The molecule has 0 aliphatic heterocycles. The summed E-state index contributed by atoms with van der Waals surface area (Å²) in [4.78, 5) is 12.8. The number of thioether (sulfide) groups is 1. The molecule has 0 aliphatic rings. The predicted molar refractivity (Wildman–Crippen MR) is 80.5 cm³/mol. The van der Waals surface area contributed by atoms with Crippen molar-refractivity contribution >= 4 is 27.4 Å². The summed E-state index contributed by atoms with van der Waals surface area (Å²) in [7, 11) is -2.95. The van der Waals surface area contributed by atoms with Crippen LogP contribution < -0.4 is 0 Å². The Kier molecular flexibility index (Phi) is 6.58. The van der Waals surface area contributed by atoms with Crippen LogP contribution in [0.2, 0.25) is 0 Å². The van der Waals surface area contributed by atoms with E-state index in [1.807, 2.05) is 31.2 Å². The molecule has 0 saturated carbocycles. The lowest BCUT2D eigenvalue weighted by molar-refractivity contribution is -0.116. The summed E-state index contributed by atoms with van der Waals surface area (Å²) >= 11 is 1.52. The highest BCUT2D eigenvalue weighted by atomic mass is 32.2. The third-order valence-corrected chi connectivity index (χ3v) is 5.86. The SMILES string of the molecule is CCS(=O)(=O)CCCC(=O)CSc1ccccc1C. The van der Waals surface area contributed by atoms with Crippen LogP contribution in [0.3, 0.4) is 0 Å². The zero-order valence-corrected chi connectivity index (χ0v) is 13.0. The van der Waals surface area contributed by atoms with Crippen LogP contribution in [0.4, 0.5) is 0 Å². The lowest BCUT2D eigenvalue weighted by Crippen LogP contribution is -2.11. The number of carbonyl (C=O) groups is 1. The van der Waals surface area contributed by atoms with Gasteiger partial charge in [-0.05, 0) is 25.0 Å². The Bertz CT molecular complexity index is 521. The zero-order valence-electron chi connectivity index (χ0n) is 11.4. The van der Waals surface area contributed by atoms with Gasteiger partial charge in [-0.1, -0.05) is 25.1 Å². The fourth-order valence-electron chi connectivity index (χ4n) is 1.58. The molecule has 0 radical (unpaired) electrons. The van der Waals surface area contributed by atoms with E-state index in [4.69, 9.17) is 0 Å². The van der Waals surface area contributed by atoms with Crippen molar-refractivity contribution in [2.24, 2.45) is 0 Å². The molecule has 3 nitrogen and oxygen atoms in total. The number of rotatable bonds is 8. The van der Waals surface area contributed by atoms with Gasteiger partial charge in [0, 0.05) is 17.1 Å². The normalized spacial score (nSPS) is 11.5. The first-order chi connectivity index (χ1) is 8.94. The van der Waals surface area contributed by atoms with E-state index in [-0.39, 0.29) is 17.3 Å². The van der Waals surface area contributed by atoms with E-state index < -0.39 is 9.84 Å². The highest BCUT2D eigenvalue weighted by molar-refractivity contribution is 8.00. The van der Waals surface area contributed by atoms with Crippen molar-refractivity contribution < 1.29 is 13.2 Å². The molecule has 0 heterocycles. The van der Waals surface area contributed by atoms with Crippen molar-refractivity contribution in [3.05, 3.63) is 29.8 Å². The van der Waals surface area contributed by atoms with Gasteiger partial charge in [0.05, 0.1) is 11.5 Å². The number of hydrogen-bond donors (Lipinski definition) is 0. The van der Waals surface area contributed by atoms with Gasteiger partial charge in [0.1, 0.15) is 15.6 Å². The van der Waals surface area contributed by atoms with Crippen LogP contribution in [-0.2, 0) is 14.6 Å². The fourth-order valence-corrected chi connectivity index (χ4v) is 3.39. The summed E-state index contributed by atoms with van der Waals surface area (Å²) in [6.45, 7) is 3.64. The van der Waals surface area contributed by atoms with E-state index in [0.717, 1.165) is 10.5 Å². The maximum Gasteiger partial charge on any atom is 0.150 e. The molecular formula is C14H20O3S2. The van der Waals surface area contributed by atoms with E-state index in [1.165, 1.54) is 11.8 Å². The van der Waals surface area contributed by atoms with E-state index in [9.17, 15) is 13.2 Å². The Labute approximate surface area is 119 Å². The van der Waals surface area contributed by atoms with Gasteiger partial charge in [-0.25, -0.2) is 8.42 Å². The summed E-state index contributed by atoms with van der Waals surface area (Å²) in [6, 6.07) is 7.93. The average Bonchev–Trinajstić information content (AvgIpc) is 2.37. The second-order valence-corrected chi connectivity index (χ2v) is 7.92. The molecule has 19 heavy (non-hydrogen) atoms. The first-order valence-corrected chi connectivity index (χ1v) is 9.16. The molecule has 0 aromatic heterocycles. The van der Waals surface area contributed by atoms with Crippen LogP contribution in [0.1, 0.15) is 25.3 Å². The quantitative estimate of drug-likeness (QED) is 0.693. The van der Waals surface area contributed by atoms with Crippen molar-refractivity contribution in [3.8, 4) is 0 Å². The molecule has 1 rings (SSSR count). The maximum atomic E-state index is 11.7. The summed E-state index contributed by atoms with van der Waals surface area (Å²) in [5.41, 5.74) is 1.16. The van der Waals surface area contributed by atoms with Crippen molar-refractivity contribution in [2.75, 3.05) is 17.3 Å². The number of ketones is 1. The monoisotopic (exact) mass is 300 g/mol. The second kappa shape index (κ2) is 7.70. The van der Waals surface area contributed by atoms with Crippen molar-refractivity contribution in [1.29, 1.82) is 0 Å². The third-order valence-electron chi connectivity index (χ3n) is 2.83. The van der Waals surface area contributed by atoms with Crippen LogP contribution in [0.15, 0.2) is 29.2 Å². The van der Waals surface area contributed by atoms with Crippen LogP contribution in [-0.4, -0.2) is 31.5 Å². The van der Waals surface area contributed by atoms with Crippen molar-refractivity contribution in [3.63, 3.8) is 0 Å². The molecule has 106 valence electrons. The highest BCUT2D eigenvalue weighted by Gasteiger charge is 2.10. The minimum Gasteiger partial charge on any atom is -0.299 e. The molecule has 0 atom stereocenters. The third kappa shape index (κ3) is 6.25. The van der Waals surface area contributed by atoms with Gasteiger partial charge in [-0.15, -0.1) is 11.8 Å². The molecule has 0 N–H and O–H groups in total. The Morgan fingerprint density at radius 1 is 1.26 bits per heavy atom. The topological polar surface area (TPSA) is 51.2 Å². The van der Waals surface area contributed by atoms with Crippen molar-refractivity contribution in [2.45, 2.75) is 31.6 Å². The first kappa shape index (κ1) is 16.2. The van der Waals surface area contributed by atoms with Crippen LogP contribution in [0, 0.1) is 6.92 Å². The minimum atomic E-state index is -2.95. The number of Topliss-reactive ketones (excluding diaryl/α,β-unsaturated/α-hetero) is 1. The molecule has 0 unspecified atom stereocenters. The lowest BCUT2D eigenvalue weighted by atomic mass is 10.2. The molecule has 0 fully saturated rings. The standard InChI is InChI=1S/C14H20O3S2/c1-3-19(16,17)10-6-8-13(15)11-18-14-9-5-4-7-12(14)2/h4-5,7,9H,3,6,8,10-11H2,1-2H3. The Morgan fingerprint density at radius 2 is 1.95 bits per heavy atom. The molecule has 0 saturated heterocycles. The van der Waals surface area contributed by atoms with Crippen LogP contribution in [0.25, 0.3) is 0 Å². The van der Waals surface area contributed by atoms with Crippen molar-refractivity contribution in [1.82, 2.24) is 0 Å². The summed E-state index contributed by atoms with van der Waals surface area (Å²) in [5.74, 6) is 0.792. The van der Waals surface area contributed by atoms with Gasteiger partial charge in [0.2, 0.25) is 0 Å². The zero-order chi connectivity index (χ0) is 14.3. The average molecular weight is 300 g/mol. The number of sulfone groups is 1. The van der Waals surface area contributed by atoms with Gasteiger partial charge in [0.25, 0.3) is 0 Å². The molecule has 0 spiro atoms. The Balaban J connectivity index is 2.31. The van der Waals surface area contributed by atoms with Gasteiger partial charge < -0.3 is 0 Å². The molecule has 1 aromatic rings.